The summed E-state index contributed by atoms with van der Waals surface area (Å²) in [5.74, 6) is -0.663. The van der Waals surface area contributed by atoms with Crippen LogP contribution in [0.5, 0.6) is 11.8 Å². The van der Waals surface area contributed by atoms with Gasteiger partial charge < -0.3 is 9.47 Å². The van der Waals surface area contributed by atoms with E-state index in [2.05, 4.69) is 25.5 Å². The maximum Gasteiger partial charge on any atom is 0.263 e. The predicted molar refractivity (Wildman–Crippen MR) is 77.0 cm³/mol. The highest BCUT2D eigenvalue weighted by Crippen LogP contribution is 2.22. The summed E-state index contributed by atoms with van der Waals surface area (Å²) in [6.07, 6.45) is 1.19. The molecule has 8 nitrogen and oxygen atoms in total. The number of hydrogen-bond acceptors (Lipinski definition) is 7. The molecule has 0 atom stereocenters. The van der Waals surface area contributed by atoms with Crippen molar-refractivity contribution in [2.24, 2.45) is 0 Å². The van der Waals surface area contributed by atoms with Gasteiger partial charge >= 0.3 is 0 Å². The lowest BCUT2D eigenvalue weighted by atomic mass is 10.1. The molecule has 0 bridgehead atoms. The minimum atomic E-state index is -0.683. The topological polar surface area (TPSA) is 87.8 Å². The van der Waals surface area contributed by atoms with Crippen LogP contribution in [0.25, 0.3) is 5.82 Å². The van der Waals surface area contributed by atoms with Crippen molar-refractivity contribution < 1.29 is 18.3 Å². The summed E-state index contributed by atoms with van der Waals surface area (Å²) < 4.78 is 39.0. The molecule has 10 heteroatoms. The smallest absolute Gasteiger partial charge is 0.263 e. The third-order valence-electron chi connectivity index (χ3n) is 3.23. The first-order valence-corrected chi connectivity index (χ1v) is 6.79. The van der Waals surface area contributed by atoms with Gasteiger partial charge in [0.15, 0.2) is 5.82 Å². The van der Waals surface area contributed by atoms with Crippen molar-refractivity contribution in [3.8, 4) is 17.6 Å². The van der Waals surface area contributed by atoms with Crippen molar-refractivity contribution >= 4 is 0 Å². The normalized spacial score (nSPS) is 10.7. The number of benzene rings is 1. The Morgan fingerprint density at radius 2 is 1.88 bits per heavy atom. The summed E-state index contributed by atoms with van der Waals surface area (Å²) in [6.45, 7) is 0. The van der Waals surface area contributed by atoms with Gasteiger partial charge in [-0.15, -0.1) is 5.10 Å². The van der Waals surface area contributed by atoms with Gasteiger partial charge in [0, 0.05) is 12.0 Å². The summed E-state index contributed by atoms with van der Waals surface area (Å²) in [5, 5.41) is 11.1. The van der Waals surface area contributed by atoms with Gasteiger partial charge in [-0.2, -0.15) is 9.67 Å². The average molecular weight is 334 g/mol. The van der Waals surface area contributed by atoms with Crippen LogP contribution in [0.1, 0.15) is 11.4 Å². The quantitative estimate of drug-likeness (QED) is 0.695. The SMILES string of the molecule is COc1cnc(-n2nnnc2Cc2c(F)cccc2F)c(OC)n1. The number of rotatable bonds is 5. The Labute approximate surface area is 135 Å². The van der Waals surface area contributed by atoms with E-state index in [9.17, 15) is 8.78 Å². The molecule has 0 N–H and O–H groups in total. The molecular weight excluding hydrogens is 322 g/mol. The lowest BCUT2D eigenvalue weighted by Crippen LogP contribution is -2.10. The fourth-order valence-electron chi connectivity index (χ4n) is 2.07. The molecule has 0 amide bonds. The molecule has 0 aliphatic rings. The second kappa shape index (κ2) is 6.52. The summed E-state index contributed by atoms with van der Waals surface area (Å²) >= 11 is 0. The van der Waals surface area contributed by atoms with Crippen molar-refractivity contribution in [3.63, 3.8) is 0 Å². The van der Waals surface area contributed by atoms with Gasteiger partial charge in [0.2, 0.25) is 11.7 Å². The molecule has 1 aromatic carbocycles. The Kier molecular flexibility index (Phi) is 4.27. The molecule has 0 radical (unpaired) electrons. The largest absolute Gasteiger partial charge is 0.480 e. The first kappa shape index (κ1) is 15.7. The van der Waals surface area contributed by atoms with Crippen LogP contribution in [0.3, 0.4) is 0 Å². The molecule has 0 saturated heterocycles. The highest BCUT2D eigenvalue weighted by Gasteiger charge is 2.19. The maximum atomic E-state index is 13.8. The Morgan fingerprint density at radius 3 is 2.54 bits per heavy atom. The van der Waals surface area contributed by atoms with Gasteiger partial charge in [-0.25, -0.2) is 13.8 Å². The van der Waals surface area contributed by atoms with Gasteiger partial charge in [-0.3, -0.25) is 0 Å². The third-order valence-corrected chi connectivity index (χ3v) is 3.23. The first-order valence-electron chi connectivity index (χ1n) is 6.79. The van der Waals surface area contributed by atoms with E-state index in [-0.39, 0.29) is 35.4 Å². The monoisotopic (exact) mass is 334 g/mol. The van der Waals surface area contributed by atoms with Crippen LogP contribution >= 0.6 is 0 Å². The van der Waals surface area contributed by atoms with E-state index < -0.39 is 11.6 Å². The Balaban J connectivity index is 2.03. The Hall–Kier alpha value is -3.17. The van der Waals surface area contributed by atoms with Crippen molar-refractivity contribution in [2.75, 3.05) is 14.2 Å². The summed E-state index contributed by atoms with van der Waals surface area (Å²) in [5.41, 5.74) is -0.144. The minimum absolute atomic E-state index is 0.108. The third kappa shape index (κ3) is 2.85. The second-order valence-corrected chi connectivity index (χ2v) is 4.63. The van der Waals surface area contributed by atoms with Crippen LogP contribution < -0.4 is 9.47 Å². The zero-order valence-electron chi connectivity index (χ0n) is 12.8. The van der Waals surface area contributed by atoms with Crippen LogP contribution in [0, 0.1) is 11.6 Å². The van der Waals surface area contributed by atoms with E-state index in [4.69, 9.17) is 9.47 Å². The van der Waals surface area contributed by atoms with E-state index in [1.165, 1.54) is 43.3 Å². The molecule has 3 aromatic rings. The van der Waals surface area contributed by atoms with Crippen molar-refractivity contribution in [2.45, 2.75) is 6.42 Å². The molecule has 0 saturated carbocycles. The van der Waals surface area contributed by atoms with Crippen LogP contribution in [0.2, 0.25) is 0 Å². The number of nitrogens with zero attached hydrogens (tertiary/aromatic N) is 6. The molecule has 0 spiro atoms. The zero-order chi connectivity index (χ0) is 17.1. The van der Waals surface area contributed by atoms with E-state index in [0.717, 1.165) is 0 Å². The van der Waals surface area contributed by atoms with Crippen LogP contribution in [0.15, 0.2) is 24.4 Å². The minimum Gasteiger partial charge on any atom is -0.480 e. The zero-order valence-corrected chi connectivity index (χ0v) is 12.8. The van der Waals surface area contributed by atoms with Crippen LogP contribution in [-0.2, 0) is 6.42 Å². The fraction of sp³-hybridized carbons (Fsp3) is 0.214. The highest BCUT2D eigenvalue weighted by atomic mass is 19.1. The van der Waals surface area contributed by atoms with Gasteiger partial charge in [-0.05, 0) is 22.6 Å². The van der Waals surface area contributed by atoms with Gasteiger partial charge in [-0.1, -0.05) is 6.07 Å². The van der Waals surface area contributed by atoms with Gasteiger partial charge in [0.25, 0.3) is 5.88 Å². The van der Waals surface area contributed by atoms with Gasteiger partial charge in [0.05, 0.1) is 20.4 Å². The van der Waals surface area contributed by atoms with Crippen molar-refractivity contribution in [3.05, 3.63) is 47.4 Å². The molecule has 0 aliphatic heterocycles. The number of tetrazole rings is 1. The first-order chi connectivity index (χ1) is 11.6. The standard InChI is InChI=1S/C14H12F2N6O2/c1-23-12-7-17-13(14(18-12)24-2)22-11(19-20-21-22)6-8-9(15)4-3-5-10(8)16/h3-5,7H,6H2,1-2H3. The molecule has 2 aromatic heterocycles. The van der Waals surface area contributed by atoms with Crippen molar-refractivity contribution in [1.29, 1.82) is 0 Å². The summed E-state index contributed by atoms with van der Waals surface area (Å²) in [7, 11) is 2.83. The maximum absolute atomic E-state index is 13.8. The van der Waals surface area contributed by atoms with Crippen molar-refractivity contribution in [1.82, 2.24) is 30.2 Å². The Bertz CT molecular complexity index is 850. The van der Waals surface area contributed by atoms with E-state index in [0.29, 0.717) is 0 Å². The number of ether oxygens (including phenoxy) is 2. The molecule has 2 heterocycles. The number of aromatic nitrogens is 6. The number of hydrogen-bond donors (Lipinski definition) is 0. The molecule has 0 unspecified atom stereocenters. The van der Waals surface area contributed by atoms with E-state index >= 15 is 0 Å². The predicted octanol–water partition coefficient (Wildman–Crippen LogP) is 1.34. The van der Waals surface area contributed by atoms with Crippen LogP contribution in [0.4, 0.5) is 8.78 Å². The second-order valence-electron chi connectivity index (χ2n) is 4.63. The molecule has 0 aliphatic carbocycles. The van der Waals surface area contributed by atoms with E-state index in [1.54, 1.807) is 0 Å². The lowest BCUT2D eigenvalue weighted by Gasteiger charge is -2.09. The molecule has 3 rings (SSSR count). The number of halogens is 2. The summed E-state index contributed by atoms with van der Waals surface area (Å²) in [6, 6.07) is 3.62. The lowest BCUT2D eigenvalue weighted by molar-refractivity contribution is 0.358. The number of methoxy groups -OCH3 is 2. The average Bonchev–Trinajstić information content (AvgIpc) is 3.05. The van der Waals surface area contributed by atoms with E-state index in [1.807, 2.05) is 0 Å². The van der Waals surface area contributed by atoms with Gasteiger partial charge in [0.1, 0.15) is 11.6 Å². The highest BCUT2D eigenvalue weighted by molar-refractivity contribution is 5.36. The molecule has 0 fully saturated rings. The fourth-order valence-corrected chi connectivity index (χ4v) is 2.07. The van der Waals surface area contributed by atoms with Crippen LogP contribution in [-0.4, -0.2) is 44.4 Å². The molecule has 24 heavy (non-hydrogen) atoms. The Morgan fingerprint density at radius 1 is 1.12 bits per heavy atom. The molecular formula is C14H12F2N6O2. The molecule has 124 valence electrons. The summed E-state index contributed by atoms with van der Waals surface area (Å²) in [4.78, 5) is 8.21.